The second kappa shape index (κ2) is 3.41. The van der Waals surface area contributed by atoms with E-state index in [4.69, 9.17) is 5.11 Å². The molecule has 4 nitrogen and oxygen atoms in total. The fraction of sp³-hybridized carbons (Fsp3) is 0.429. The van der Waals surface area contributed by atoms with Crippen LogP contribution in [0, 0.1) is 0 Å². The molecule has 0 aliphatic carbocycles. The molecule has 0 aromatic carbocycles. The molecule has 0 aliphatic heterocycles. The molecule has 60 valence electrons. The van der Waals surface area contributed by atoms with Crippen molar-refractivity contribution in [2.75, 3.05) is 0 Å². The lowest BCUT2D eigenvalue weighted by Crippen LogP contribution is -2.15. The Balaban J connectivity index is 2.77. The molecule has 1 rings (SSSR count). The topological polar surface area (TPSA) is 66.2 Å². The maximum absolute atomic E-state index is 9.25. The quantitative estimate of drug-likeness (QED) is 0.623. The fourth-order valence-corrected chi connectivity index (χ4v) is 0.710. The molecule has 1 aromatic heterocycles. The second-order valence-electron chi connectivity index (χ2n) is 2.32. The van der Waals surface area contributed by atoms with Crippen LogP contribution < -0.4 is 0 Å². The Morgan fingerprint density at radius 3 is 2.55 bits per heavy atom. The maximum Gasteiger partial charge on any atom is 0.123 e. The molecular weight excluding hydrogens is 144 g/mol. The summed E-state index contributed by atoms with van der Waals surface area (Å²) in [5.74, 6) is 0. The number of hydrogen-bond donors (Lipinski definition) is 2. The molecule has 0 bridgehead atoms. The molecule has 1 aromatic rings. The Morgan fingerprint density at radius 2 is 2.09 bits per heavy atom. The van der Waals surface area contributed by atoms with Gasteiger partial charge in [0, 0.05) is 12.4 Å². The first-order chi connectivity index (χ1) is 5.22. The van der Waals surface area contributed by atoms with Crippen LogP contribution in [0.15, 0.2) is 18.6 Å². The zero-order chi connectivity index (χ0) is 8.27. The van der Waals surface area contributed by atoms with Gasteiger partial charge in [0.25, 0.3) is 0 Å². The molecule has 0 fully saturated rings. The van der Waals surface area contributed by atoms with E-state index in [1.165, 1.54) is 25.5 Å². The highest BCUT2D eigenvalue weighted by atomic mass is 16.3. The van der Waals surface area contributed by atoms with E-state index >= 15 is 0 Å². The van der Waals surface area contributed by atoms with E-state index in [1.807, 2.05) is 0 Å². The Hall–Kier alpha value is -1.00. The molecule has 2 atom stereocenters. The van der Waals surface area contributed by atoms with Gasteiger partial charge in [0.05, 0.1) is 18.0 Å². The maximum atomic E-state index is 9.25. The summed E-state index contributed by atoms with van der Waals surface area (Å²) in [6.45, 7) is 1.50. The van der Waals surface area contributed by atoms with Crippen molar-refractivity contribution < 1.29 is 10.2 Å². The number of aromatic nitrogens is 2. The van der Waals surface area contributed by atoms with Crippen molar-refractivity contribution in [1.29, 1.82) is 0 Å². The van der Waals surface area contributed by atoms with Crippen LogP contribution in [0.3, 0.4) is 0 Å². The van der Waals surface area contributed by atoms with Gasteiger partial charge in [0.15, 0.2) is 0 Å². The minimum atomic E-state index is -0.941. The number of rotatable bonds is 2. The Bertz CT molecular complexity index is 213. The molecule has 0 radical (unpaired) electrons. The van der Waals surface area contributed by atoms with Crippen molar-refractivity contribution in [1.82, 2.24) is 9.97 Å². The molecule has 0 aliphatic rings. The number of aliphatic hydroxyl groups is 2. The molecule has 0 saturated carbocycles. The van der Waals surface area contributed by atoms with E-state index in [0.717, 1.165) is 0 Å². The predicted octanol–water partition coefficient (Wildman–Crippen LogP) is -0.109. The van der Waals surface area contributed by atoms with Gasteiger partial charge in [-0.05, 0) is 6.92 Å². The third-order valence-electron chi connectivity index (χ3n) is 1.34. The van der Waals surface area contributed by atoms with E-state index in [0.29, 0.717) is 5.69 Å². The summed E-state index contributed by atoms with van der Waals surface area (Å²) >= 11 is 0. The molecule has 0 amide bonds. The summed E-state index contributed by atoms with van der Waals surface area (Å²) in [6, 6.07) is 0. The number of hydrogen-bond acceptors (Lipinski definition) is 4. The minimum absolute atomic E-state index is 0.391. The zero-order valence-corrected chi connectivity index (χ0v) is 6.18. The predicted molar refractivity (Wildman–Crippen MR) is 38.7 cm³/mol. The average Bonchev–Trinajstić information content (AvgIpc) is 2.05. The van der Waals surface area contributed by atoms with Crippen LogP contribution in [0.2, 0.25) is 0 Å². The van der Waals surface area contributed by atoms with Crippen LogP contribution in [0.5, 0.6) is 0 Å². The van der Waals surface area contributed by atoms with E-state index in [2.05, 4.69) is 9.97 Å². The SMILES string of the molecule is CC(O)C(O)c1cnccn1. The van der Waals surface area contributed by atoms with Crippen molar-refractivity contribution in [3.63, 3.8) is 0 Å². The first-order valence-electron chi connectivity index (χ1n) is 3.34. The van der Waals surface area contributed by atoms with Gasteiger partial charge in [-0.3, -0.25) is 9.97 Å². The summed E-state index contributed by atoms with van der Waals surface area (Å²) in [5, 5.41) is 18.2. The molecule has 11 heavy (non-hydrogen) atoms. The Morgan fingerprint density at radius 1 is 1.36 bits per heavy atom. The largest absolute Gasteiger partial charge is 0.390 e. The van der Waals surface area contributed by atoms with Gasteiger partial charge in [-0.25, -0.2) is 0 Å². The molecule has 2 unspecified atom stereocenters. The van der Waals surface area contributed by atoms with Crippen molar-refractivity contribution in [2.45, 2.75) is 19.1 Å². The van der Waals surface area contributed by atoms with Gasteiger partial charge in [-0.1, -0.05) is 0 Å². The lowest BCUT2D eigenvalue weighted by Gasteiger charge is -2.11. The number of aliphatic hydroxyl groups excluding tert-OH is 2. The monoisotopic (exact) mass is 154 g/mol. The minimum Gasteiger partial charge on any atom is -0.390 e. The van der Waals surface area contributed by atoms with Crippen LogP contribution >= 0.6 is 0 Å². The zero-order valence-electron chi connectivity index (χ0n) is 6.18. The standard InChI is InChI=1S/C7H10N2O2/c1-5(10)7(11)6-4-8-2-3-9-6/h2-5,7,10-11H,1H3. The van der Waals surface area contributed by atoms with Crippen LogP contribution in [0.4, 0.5) is 0 Å². The summed E-state index contributed by atoms with van der Waals surface area (Å²) in [5.41, 5.74) is 0.391. The van der Waals surface area contributed by atoms with Gasteiger partial charge in [0.1, 0.15) is 6.10 Å². The van der Waals surface area contributed by atoms with Crippen LogP contribution in [0.25, 0.3) is 0 Å². The van der Waals surface area contributed by atoms with Crippen molar-refractivity contribution in [3.8, 4) is 0 Å². The van der Waals surface area contributed by atoms with Gasteiger partial charge in [-0.15, -0.1) is 0 Å². The number of nitrogens with zero attached hydrogens (tertiary/aromatic N) is 2. The summed E-state index contributed by atoms with van der Waals surface area (Å²) in [6.07, 6.45) is 2.66. The van der Waals surface area contributed by atoms with Crippen LogP contribution in [-0.2, 0) is 0 Å². The van der Waals surface area contributed by atoms with Gasteiger partial charge >= 0.3 is 0 Å². The Labute approximate surface area is 64.6 Å². The fourth-order valence-electron chi connectivity index (χ4n) is 0.710. The van der Waals surface area contributed by atoms with E-state index in [9.17, 15) is 5.11 Å². The Kier molecular flexibility index (Phi) is 2.51. The summed E-state index contributed by atoms with van der Waals surface area (Å²) < 4.78 is 0. The van der Waals surface area contributed by atoms with Gasteiger partial charge in [-0.2, -0.15) is 0 Å². The third kappa shape index (κ3) is 1.96. The highest BCUT2D eigenvalue weighted by Gasteiger charge is 2.13. The van der Waals surface area contributed by atoms with Crippen molar-refractivity contribution >= 4 is 0 Å². The van der Waals surface area contributed by atoms with Gasteiger partial charge < -0.3 is 10.2 Å². The normalized spacial score (nSPS) is 15.9. The molecule has 1 heterocycles. The smallest absolute Gasteiger partial charge is 0.123 e. The molecule has 0 spiro atoms. The third-order valence-corrected chi connectivity index (χ3v) is 1.34. The molecule has 4 heteroatoms. The summed E-state index contributed by atoms with van der Waals surface area (Å²) in [7, 11) is 0. The van der Waals surface area contributed by atoms with E-state index in [-0.39, 0.29) is 0 Å². The highest BCUT2D eigenvalue weighted by molar-refractivity contribution is 5.00. The summed E-state index contributed by atoms with van der Waals surface area (Å²) in [4.78, 5) is 7.58. The first kappa shape index (κ1) is 8.10. The van der Waals surface area contributed by atoms with E-state index < -0.39 is 12.2 Å². The van der Waals surface area contributed by atoms with Crippen LogP contribution in [0.1, 0.15) is 18.7 Å². The van der Waals surface area contributed by atoms with Crippen molar-refractivity contribution in [2.24, 2.45) is 0 Å². The lowest BCUT2D eigenvalue weighted by molar-refractivity contribution is 0.0276. The first-order valence-corrected chi connectivity index (χ1v) is 3.34. The average molecular weight is 154 g/mol. The van der Waals surface area contributed by atoms with Gasteiger partial charge in [0.2, 0.25) is 0 Å². The molecule has 2 N–H and O–H groups in total. The van der Waals surface area contributed by atoms with Crippen LogP contribution in [-0.4, -0.2) is 26.3 Å². The highest BCUT2D eigenvalue weighted by Crippen LogP contribution is 2.11. The molecular formula is C7H10N2O2. The van der Waals surface area contributed by atoms with E-state index in [1.54, 1.807) is 0 Å². The second-order valence-corrected chi connectivity index (χ2v) is 2.32. The lowest BCUT2D eigenvalue weighted by atomic mass is 10.2. The van der Waals surface area contributed by atoms with Crippen molar-refractivity contribution in [3.05, 3.63) is 24.3 Å². The molecule has 0 saturated heterocycles.